The van der Waals surface area contributed by atoms with Gasteiger partial charge in [-0.25, -0.2) is 18.5 Å². The minimum absolute atomic E-state index is 0.160. The molecule has 1 saturated carbocycles. The molecule has 0 atom stereocenters. The van der Waals surface area contributed by atoms with Crippen LogP contribution in [0.15, 0.2) is 56.5 Å². The van der Waals surface area contributed by atoms with Crippen LogP contribution in [0.2, 0.25) is 0 Å². The molecule has 7 nitrogen and oxygen atoms in total. The zero-order chi connectivity index (χ0) is 24.3. The van der Waals surface area contributed by atoms with Crippen molar-refractivity contribution >= 4 is 15.9 Å². The molecule has 0 unspecified atom stereocenters. The molecule has 3 aliphatic rings. The van der Waals surface area contributed by atoms with Gasteiger partial charge in [0, 0.05) is 5.56 Å². The number of nitrogens with one attached hydrogen (secondary N) is 1. The van der Waals surface area contributed by atoms with Gasteiger partial charge in [-0.3, -0.25) is 0 Å². The third-order valence-corrected chi connectivity index (χ3v) is 8.81. The third-order valence-electron chi connectivity index (χ3n) is 7.78. The zero-order valence-electron chi connectivity index (χ0n) is 20.2. The molecular formula is C27H35N5O2S. The van der Waals surface area contributed by atoms with E-state index in [0.29, 0.717) is 29.7 Å². The molecule has 1 saturated heterocycles. The summed E-state index contributed by atoms with van der Waals surface area (Å²) in [7, 11) is -4.00. The highest BCUT2D eigenvalue weighted by atomic mass is 32.2. The van der Waals surface area contributed by atoms with Crippen LogP contribution >= 0.6 is 0 Å². The van der Waals surface area contributed by atoms with E-state index in [0.717, 1.165) is 49.0 Å². The number of piperidine rings is 1. The summed E-state index contributed by atoms with van der Waals surface area (Å²) in [6, 6.07) is 12.4. The second-order valence-electron chi connectivity index (χ2n) is 10.1. The van der Waals surface area contributed by atoms with Crippen LogP contribution < -0.4 is 10.5 Å². The fourth-order valence-corrected chi connectivity index (χ4v) is 6.91. The maximum Gasteiger partial charge on any atom is 0.239 e. The Balaban J connectivity index is 1.54. The van der Waals surface area contributed by atoms with Crippen LogP contribution in [0.1, 0.15) is 74.0 Å². The minimum atomic E-state index is -4.00. The van der Waals surface area contributed by atoms with E-state index in [1.165, 1.54) is 37.7 Å². The lowest BCUT2D eigenvalue weighted by Gasteiger charge is -2.24. The second kappa shape index (κ2) is 10.7. The molecule has 1 aliphatic carbocycles. The van der Waals surface area contributed by atoms with Gasteiger partial charge in [0.1, 0.15) is 0 Å². The van der Waals surface area contributed by atoms with Crippen LogP contribution in [0, 0.1) is 5.92 Å². The first-order valence-corrected chi connectivity index (χ1v) is 14.5. The highest BCUT2D eigenvalue weighted by molar-refractivity contribution is 7.89. The molecule has 2 heterocycles. The van der Waals surface area contributed by atoms with Gasteiger partial charge in [-0.2, -0.15) is 5.11 Å². The fourth-order valence-electron chi connectivity index (χ4n) is 5.89. The summed E-state index contributed by atoms with van der Waals surface area (Å²) >= 11 is 0. The highest BCUT2D eigenvalue weighted by Crippen LogP contribution is 2.36. The van der Waals surface area contributed by atoms with Crippen molar-refractivity contribution in [2.24, 2.45) is 26.3 Å². The number of hydrogen-bond donors (Lipinski definition) is 2. The number of aryl methyl sites for hydroxylation is 1. The summed E-state index contributed by atoms with van der Waals surface area (Å²) in [4.78, 5) is 4.56. The summed E-state index contributed by atoms with van der Waals surface area (Å²) in [5.41, 5.74) is 4.29. The first-order chi connectivity index (χ1) is 17.0. The lowest BCUT2D eigenvalue weighted by Crippen LogP contribution is -2.26. The van der Waals surface area contributed by atoms with Gasteiger partial charge in [0.2, 0.25) is 10.0 Å². The Morgan fingerprint density at radius 1 is 0.943 bits per heavy atom. The van der Waals surface area contributed by atoms with Gasteiger partial charge in [-0.1, -0.05) is 68.5 Å². The number of rotatable bonds is 7. The molecule has 8 heteroatoms. The monoisotopic (exact) mass is 493 g/mol. The van der Waals surface area contributed by atoms with E-state index in [2.05, 4.69) is 44.8 Å². The van der Waals surface area contributed by atoms with E-state index >= 15 is 0 Å². The molecule has 0 amide bonds. The standard InChI is InChI=1S/C27H35N5O2S/c28-35(33,34)26-23(7-6-19-4-2-1-3-5-19)12-13-24(25(26)27-30-18-31-32-27)22-10-8-20(9-11-22)21-14-16-29-17-15-21/h8-13,19,21,29H,1-7,14-18H2,(H2,28,33,34). The smallest absolute Gasteiger partial charge is 0.239 e. The van der Waals surface area contributed by atoms with Gasteiger partial charge in [0.25, 0.3) is 0 Å². The Hall–Kier alpha value is -2.42. The Morgan fingerprint density at radius 3 is 2.34 bits per heavy atom. The number of benzene rings is 2. The molecule has 2 aromatic rings. The maximum absolute atomic E-state index is 13.0. The number of nitrogens with two attached hydrogens (primary N) is 1. The molecule has 0 spiro atoms. The number of amidine groups is 1. The van der Waals surface area contributed by atoms with Crippen LogP contribution in [-0.4, -0.2) is 34.0 Å². The molecule has 0 aromatic heterocycles. The van der Waals surface area contributed by atoms with E-state index in [-0.39, 0.29) is 11.6 Å². The van der Waals surface area contributed by atoms with E-state index in [1.54, 1.807) is 0 Å². The summed E-state index contributed by atoms with van der Waals surface area (Å²) in [5, 5.41) is 17.5. The number of primary sulfonamides is 1. The predicted molar refractivity (Wildman–Crippen MR) is 139 cm³/mol. The van der Waals surface area contributed by atoms with Crippen molar-refractivity contribution in [2.75, 3.05) is 19.8 Å². The largest absolute Gasteiger partial charge is 0.317 e. The maximum atomic E-state index is 13.0. The van der Waals surface area contributed by atoms with Gasteiger partial charge in [-0.05, 0) is 72.9 Å². The molecule has 35 heavy (non-hydrogen) atoms. The molecule has 0 radical (unpaired) electrons. The van der Waals surface area contributed by atoms with Crippen molar-refractivity contribution in [3.63, 3.8) is 0 Å². The molecule has 3 N–H and O–H groups in total. The number of sulfonamides is 1. The van der Waals surface area contributed by atoms with Crippen LogP contribution in [0.3, 0.4) is 0 Å². The average Bonchev–Trinajstić information content (AvgIpc) is 3.42. The summed E-state index contributed by atoms with van der Waals surface area (Å²) in [5.74, 6) is 1.55. The number of nitrogens with zero attached hydrogens (tertiary/aromatic N) is 3. The Morgan fingerprint density at radius 2 is 1.69 bits per heavy atom. The summed E-state index contributed by atoms with van der Waals surface area (Å²) in [6.07, 6.45) is 10.2. The van der Waals surface area contributed by atoms with Crippen molar-refractivity contribution in [1.29, 1.82) is 0 Å². The van der Waals surface area contributed by atoms with Crippen molar-refractivity contribution in [3.8, 4) is 11.1 Å². The van der Waals surface area contributed by atoms with Gasteiger partial charge in [-0.15, -0.1) is 5.11 Å². The van der Waals surface area contributed by atoms with Crippen molar-refractivity contribution in [2.45, 2.75) is 68.6 Å². The summed E-state index contributed by atoms with van der Waals surface area (Å²) < 4.78 is 25.9. The van der Waals surface area contributed by atoms with Gasteiger partial charge in [0.05, 0.1) is 4.90 Å². The average molecular weight is 494 g/mol. The van der Waals surface area contributed by atoms with Gasteiger partial charge in [0.15, 0.2) is 12.5 Å². The molecule has 2 aromatic carbocycles. The van der Waals surface area contributed by atoms with Crippen LogP contribution in [0.4, 0.5) is 0 Å². The normalized spacial score (nSPS) is 19.7. The fraction of sp³-hybridized carbons (Fsp3) is 0.519. The lowest BCUT2D eigenvalue weighted by atomic mass is 9.84. The first kappa shape index (κ1) is 24.3. The Bertz CT molecular complexity index is 1210. The van der Waals surface area contributed by atoms with E-state index in [4.69, 9.17) is 5.14 Å². The van der Waals surface area contributed by atoms with Crippen molar-refractivity contribution < 1.29 is 8.42 Å². The number of azo groups is 1. The lowest BCUT2D eigenvalue weighted by molar-refractivity contribution is 0.338. The van der Waals surface area contributed by atoms with E-state index in [9.17, 15) is 8.42 Å². The minimum Gasteiger partial charge on any atom is -0.317 e. The number of hydrogen-bond acceptors (Lipinski definition) is 6. The quantitative estimate of drug-likeness (QED) is 0.556. The van der Waals surface area contributed by atoms with Gasteiger partial charge >= 0.3 is 0 Å². The SMILES string of the molecule is NS(=O)(=O)c1c(CCC2CCCCC2)ccc(-c2ccc(C3CCNCC3)cc2)c1C1=NCN=N1. The van der Waals surface area contributed by atoms with Crippen LogP contribution in [0.25, 0.3) is 11.1 Å². The van der Waals surface area contributed by atoms with Crippen LogP contribution in [0.5, 0.6) is 0 Å². The second-order valence-corrected chi connectivity index (χ2v) is 11.6. The summed E-state index contributed by atoms with van der Waals surface area (Å²) in [6.45, 7) is 2.29. The van der Waals surface area contributed by atoms with Gasteiger partial charge < -0.3 is 5.32 Å². The topological polar surface area (TPSA) is 109 Å². The van der Waals surface area contributed by atoms with E-state index < -0.39 is 10.0 Å². The first-order valence-electron chi connectivity index (χ1n) is 12.9. The Kier molecular flexibility index (Phi) is 7.41. The van der Waals surface area contributed by atoms with Crippen molar-refractivity contribution in [1.82, 2.24) is 5.32 Å². The molecule has 2 aliphatic heterocycles. The third kappa shape index (κ3) is 5.55. The molecule has 5 rings (SSSR count). The van der Waals surface area contributed by atoms with E-state index in [1.807, 2.05) is 12.1 Å². The predicted octanol–water partition coefficient (Wildman–Crippen LogP) is 5.15. The van der Waals surface area contributed by atoms with Crippen LogP contribution in [-0.2, 0) is 16.4 Å². The zero-order valence-corrected chi connectivity index (χ0v) is 21.1. The molecular weight excluding hydrogens is 458 g/mol. The molecule has 186 valence electrons. The highest BCUT2D eigenvalue weighted by Gasteiger charge is 2.28. The van der Waals surface area contributed by atoms with Crippen molar-refractivity contribution in [3.05, 3.63) is 53.1 Å². The molecule has 2 fully saturated rings. The Labute approximate surface area is 208 Å². The molecule has 0 bridgehead atoms. The number of aliphatic imine (C=N–C) groups is 1.